The zero-order valence-electron chi connectivity index (χ0n) is 9.82. The fourth-order valence-electron chi connectivity index (χ4n) is 2.13. The number of pyridine rings is 1. The summed E-state index contributed by atoms with van der Waals surface area (Å²) in [6.45, 7) is 0. The fourth-order valence-corrected chi connectivity index (χ4v) is 2.27. The summed E-state index contributed by atoms with van der Waals surface area (Å²) in [5.74, 6) is -0.458. The van der Waals surface area contributed by atoms with Gasteiger partial charge < -0.3 is 5.73 Å². The van der Waals surface area contributed by atoms with E-state index >= 15 is 0 Å². The number of nitrogen functional groups attached to an aromatic ring is 1. The first-order valence-electron chi connectivity index (χ1n) is 5.39. The Morgan fingerprint density at radius 1 is 1.42 bits per heavy atom. The van der Waals surface area contributed by atoms with Gasteiger partial charge in [0.05, 0.1) is 28.2 Å². The van der Waals surface area contributed by atoms with E-state index in [4.69, 9.17) is 17.3 Å². The fraction of sp³-hybridized carbons (Fsp3) is 0.0833. The molecule has 5 nitrogen and oxygen atoms in total. The van der Waals surface area contributed by atoms with Crippen molar-refractivity contribution in [1.82, 2.24) is 14.8 Å². The smallest absolute Gasteiger partial charge is 0.255 e. The van der Waals surface area contributed by atoms with E-state index in [-0.39, 0.29) is 11.4 Å². The minimum Gasteiger partial charge on any atom is -0.383 e. The highest BCUT2D eigenvalue weighted by Gasteiger charge is 2.16. The van der Waals surface area contributed by atoms with Crippen molar-refractivity contribution in [3.05, 3.63) is 29.7 Å². The van der Waals surface area contributed by atoms with Crippen molar-refractivity contribution in [3.63, 3.8) is 0 Å². The number of hydrogen-bond donors (Lipinski definition) is 1. The number of rotatable bonds is 1. The molecule has 19 heavy (non-hydrogen) atoms. The molecular weight excluding hydrogens is 271 g/mol. The van der Waals surface area contributed by atoms with Gasteiger partial charge in [-0.05, 0) is 17.7 Å². The third kappa shape index (κ3) is 1.64. The topological polar surface area (TPSA) is 73.8 Å². The molecule has 0 bridgehead atoms. The molecule has 0 atom stereocenters. The summed E-state index contributed by atoms with van der Waals surface area (Å²) in [6.07, 6.45) is 1.57. The predicted octanol–water partition coefficient (Wildman–Crippen LogP) is 2.22. The van der Waals surface area contributed by atoms with E-state index in [0.29, 0.717) is 21.8 Å². The number of benzene rings is 1. The maximum Gasteiger partial charge on any atom is 0.255 e. The van der Waals surface area contributed by atoms with Crippen LogP contribution in [0.4, 0.5) is 10.2 Å². The summed E-state index contributed by atoms with van der Waals surface area (Å²) < 4.78 is 15.3. The predicted molar refractivity (Wildman–Crippen MR) is 70.6 cm³/mol. The molecule has 2 aromatic heterocycles. The first kappa shape index (κ1) is 11.9. The number of halogens is 2. The van der Waals surface area contributed by atoms with Crippen molar-refractivity contribution in [1.29, 1.82) is 0 Å². The standard InChI is InChI=1S/C12H8ClFN4O/c1-18-10-6-2-5(11(13)19)8(14)3-9(6)17-12(15)7(10)4-16-18/h2-4H,1H3,(H2,15,17). The number of nitrogens with two attached hydrogens (primary N) is 1. The van der Waals surface area contributed by atoms with Crippen molar-refractivity contribution in [2.75, 3.05) is 5.73 Å². The minimum atomic E-state index is -0.855. The lowest BCUT2D eigenvalue weighted by Crippen LogP contribution is -1.99. The lowest BCUT2D eigenvalue weighted by Gasteiger charge is -2.06. The highest BCUT2D eigenvalue weighted by atomic mass is 35.5. The molecule has 96 valence electrons. The van der Waals surface area contributed by atoms with Gasteiger partial charge in [0.2, 0.25) is 0 Å². The van der Waals surface area contributed by atoms with Gasteiger partial charge in [-0.15, -0.1) is 0 Å². The normalized spacial score (nSPS) is 11.3. The summed E-state index contributed by atoms with van der Waals surface area (Å²) in [7, 11) is 1.73. The molecule has 2 N–H and O–H groups in total. The average Bonchev–Trinajstić information content (AvgIpc) is 2.71. The number of aryl methyl sites for hydroxylation is 1. The molecule has 0 aliphatic heterocycles. The van der Waals surface area contributed by atoms with Gasteiger partial charge in [0.15, 0.2) is 0 Å². The van der Waals surface area contributed by atoms with E-state index in [1.807, 2.05) is 0 Å². The van der Waals surface area contributed by atoms with Crippen LogP contribution in [-0.4, -0.2) is 20.0 Å². The molecule has 3 rings (SSSR count). The Balaban J connectivity index is 2.56. The number of aromatic nitrogens is 3. The van der Waals surface area contributed by atoms with E-state index in [0.717, 1.165) is 6.07 Å². The molecule has 0 radical (unpaired) electrons. The van der Waals surface area contributed by atoms with Crippen molar-refractivity contribution in [2.24, 2.45) is 7.05 Å². The summed E-state index contributed by atoms with van der Waals surface area (Å²) in [6, 6.07) is 2.52. The average molecular weight is 279 g/mol. The van der Waals surface area contributed by atoms with E-state index in [1.54, 1.807) is 17.9 Å². The van der Waals surface area contributed by atoms with Gasteiger partial charge in [-0.1, -0.05) is 0 Å². The van der Waals surface area contributed by atoms with Gasteiger partial charge in [-0.2, -0.15) is 5.10 Å². The molecule has 0 saturated heterocycles. The SMILES string of the molecule is Cn1ncc2c(N)nc3cc(F)c(C(=O)Cl)cc3c21. The molecule has 7 heteroatoms. The Hall–Kier alpha value is -2.21. The second-order valence-electron chi connectivity index (χ2n) is 4.15. The third-order valence-electron chi connectivity index (χ3n) is 3.01. The quantitative estimate of drug-likeness (QED) is 0.693. The number of anilines is 1. The molecule has 0 aliphatic carbocycles. The maximum atomic E-state index is 13.7. The van der Waals surface area contributed by atoms with Crippen LogP contribution in [0.1, 0.15) is 10.4 Å². The van der Waals surface area contributed by atoms with Gasteiger partial charge in [-0.25, -0.2) is 9.37 Å². The van der Waals surface area contributed by atoms with Crippen LogP contribution in [0.25, 0.3) is 21.8 Å². The van der Waals surface area contributed by atoms with Crippen molar-refractivity contribution in [2.45, 2.75) is 0 Å². The van der Waals surface area contributed by atoms with Crippen molar-refractivity contribution >= 4 is 44.5 Å². The van der Waals surface area contributed by atoms with E-state index in [1.165, 1.54) is 6.07 Å². The molecule has 0 fully saturated rings. The largest absolute Gasteiger partial charge is 0.383 e. The maximum absolute atomic E-state index is 13.7. The van der Waals surface area contributed by atoms with Crippen LogP contribution >= 0.6 is 11.6 Å². The van der Waals surface area contributed by atoms with Crippen LogP contribution in [0.15, 0.2) is 18.3 Å². The third-order valence-corrected chi connectivity index (χ3v) is 3.21. The zero-order chi connectivity index (χ0) is 13.7. The van der Waals surface area contributed by atoms with Crippen LogP contribution in [-0.2, 0) is 7.05 Å². The van der Waals surface area contributed by atoms with Gasteiger partial charge in [0.25, 0.3) is 5.24 Å². The van der Waals surface area contributed by atoms with Gasteiger partial charge in [0.1, 0.15) is 11.6 Å². The van der Waals surface area contributed by atoms with Gasteiger partial charge in [0, 0.05) is 18.5 Å². The second kappa shape index (κ2) is 3.89. The second-order valence-corrected chi connectivity index (χ2v) is 4.49. The van der Waals surface area contributed by atoms with Crippen LogP contribution < -0.4 is 5.73 Å². The lowest BCUT2D eigenvalue weighted by molar-refractivity contribution is 0.107. The van der Waals surface area contributed by atoms with Gasteiger partial charge in [-0.3, -0.25) is 9.48 Å². The Bertz CT molecular complexity index is 843. The first-order valence-corrected chi connectivity index (χ1v) is 5.77. The molecule has 0 unspecified atom stereocenters. The summed E-state index contributed by atoms with van der Waals surface area (Å²) in [5, 5.41) is 4.46. The van der Waals surface area contributed by atoms with Crippen LogP contribution in [0.3, 0.4) is 0 Å². The highest BCUT2D eigenvalue weighted by Crippen LogP contribution is 2.29. The summed E-state index contributed by atoms with van der Waals surface area (Å²) >= 11 is 5.36. The number of fused-ring (bicyclic) bond motifs is 3. The molecular formula is C12H8ClFN4O. The monoisotopic (exact) mass is 278 g/mol. The summed E-state index contributed by atoms with van der Waals surface area (Å²) in [5.41, 5.74) is 6.65. The molecule has 0 spiro atoms. The molecule has 0 saturated carbocycles. The Morgan fingerprint density at radius 3 is 2.84 bits per heavy atom. The van der Waals surface area contributed by atoms with Crippen LogP contribution in [0, 0.1) is 5.82 Å². The minimum absolute atomic E-state index is 0.191. The number of carbonyl (C=O) groups is 1. The highest BCUT2D eigenvalue weighted by molar-refractivity contribution is 6.67. The number of nitrogens with zero attached hydrogens (tertiary/aromatic N) is 3. The van der Waals surface area contributed by atoms with E-state index < -0.39 is 11.1 Å². The van der Waals surface area contributed by atoms with Gasteiger partial charge >= 0.3 is 0 Å². The Labute approximate surface area is 111 Å². The lowest BCUT2D eigenvalue weighted by atomic mass is 10.1. The Morgan fingerprint density at radius 2 is 2.16 bits per heavy atom. The van der Waals surface area contributed by atoms with Crippen molar-refractivity contribution < 1.29 is 9.18 Å². The number of hydrogen-bond acceptors (Lipinski definition) is 4. The van der Waals surface area contributed by atoms with E-state index in [9.17, 15) is 9.18 Å². The van der Waals surface area contributed by atoms with Crippen LogP contribution in [0.5, 0.6) is 0 Å². The number of carbonyl (C=O) groups excluding carboxylic acids is 1. The molecule has 2 heterocycles. The van der Waals surface area contributed by atoms with Crippen LogP contribution in [0.2, 0.25) is 0 Å². The Kier molecular flexibility index (Phi) is 2.43. The molecule has 0 amide bonds. The molecule has 0 aliphatic rings. The first-order chi connectivity index (χ1) is 8.99. The van der Waals surface area contributed by atoms with E-state index in [2.05, 4.69) is 10.1 Å². The zero-order valence-corrected chi connectivity index (χ0v) is 10.6. The molecule has 3 aromatic rings. The summed E-state index contributed by atoms with van der Waals surface area (Å²) in [4.78, 5) is 15.3. The van der Waals surface area contributed by atoms with Crippen molar-refractivity contribution in [3.8, 4) is 0 Å². The molecule has 1 aromatic carbocycles.